The van der Waals surface area contributed by atoms with Crippen LogP contribution in [0, 0.1) is 0 Å². The largest absolute Gasteiger partial charge is 0.338 e. The van der Waals surface area contributed by atoms with Gasteiger partial charge in [0.1, 0.15) is 0 Å². The van der Waals surface area contributed by atoms with Gasteiger partial charge in [-0.05, 0) is 23.4 Å². The third kappa shape index (κ3) is 3.00. The SMILES string of the molecule is C=CS(=O)(=O)CCC(=O)N1CCc2sccc2C1. The molecule has 0 N–H and O–H groups in total. The molecule has 0 aliphatic carbocycles. The molecule has 0 aromatic carbocycles. The highest BCUT2D eigenvalue weighted by Crippen LogP contribution is 2.24. The monoisotopic (exact) mass is 285 g/mol. The number of carbonyl (C=O) groups excluding carboxylic acids is 1. The van der Waals surface area contributed by atoms with Crippen molar-refractivity contribution < 1.29 is 13.2 Å². The Hall–Kier alpha value is -1.14. The van der Waals surface area contributed by atoms with Crippen molar-refractivity contribution in [2.24, 2.45) is 0 Å². The van der Waals surface area contributed by atoms with E-state index in [1.165, 1.54) is 10.4 Å². The molecule has 2 rings (SSSR count). The molecule has 1 aliphatic rings. The Morgan fingerprint density at radius 3 is 3.06 bits per heavy atom. The number of amides is 1. The Kier molecular flexibility index (Phi) is 3.87. The Bertz CT molecular complexity index is 560. The summed E-state index contributed by atoms with van der Waals surface area (Å²) in [6, 6.07) is 2.03. The van der Waals surface area contributed by atoms with E-state index >= 15 is 0 Å². The van der Waals surface area contributed by atoms with Gasteiger partial charge in [-0.25, -0.2) is 8.42 Å². The van der Waals surface area contributed by atoms with Gasteiger partial charge in [0.05, 0.1) is 5.75 Å². The first-order chi connectivity index (χ1) is 8.52. The Labute approximate surface area is 111 Å². The molecule has 0 saturated carbocycles. The predicted molar refractivity (Wildman–Crippen MR) is 72.0 cm³/mol. The first-order valence-corrected chi connectivity index (χ1v) is 8.29. The summed E-state index contributed by atoms with van der Waals surface area (Å²) >= 11 is 1.71. The summed E-state index contributed by atoms with van der Waals surface area (Å²) in [5, 5.41) is 2.94. The second-order valence-electron chi connectivity index (χ2n) is 4.22. The van der Waals surface area contributed by atoms with Gasteiger partial charge >= 0.3 is 0 Å². The van der Waals surface area contributed by atoms with E-state index in [9.17, 15) is 13.2 Å². The molecule has 1 aromatic heterocycles. The van der Waals surface area contributed by atoms with Crippen molar-refractivity contribution in [2.75, 3.05) is 12.3 Å². The van der Waals surface area contributed by atoms with Crippen molar-refractivity contribution in [3.63, 3.8) is 0 Å². The van der Waals surface area contributed by atoms with E-state index in [1.807, 2.05) is 11.4 Å². The molecule has 0 radical (unpaired) electrons. The second kappa shape index (κ2) is 5.24. The Morgan fingerprint density at radius 1 is 1.56 bits per heavy atom. The zero-order valence-corrected chi connectivity index (χ0v) is 11.6. The number of carbonyl (C=O) groups is 1. The van der Waals surface area contributed by atoms with E-state index < -0.39 is 9.84 Å². The highest BCUT2D eigenvalue weighted by molar-refractivity contribution is 7.94. The number of hydrogen-bond donors (Lipinski definition) is 0. The third-order valence-corrected chi connectivity index (χ3v) is 5.32. The molecule has 1 aromatic rings. The minimum atomic E-state index is -3.28. The van der Waals surface area contributed by atoms with Gasteiger partial charge in [-0.2, -0.15) is 0 Å². The molecule has 0 atom stereocenters. The van der Waals surface area contributed by atoms with Gasteiger partial charge < -0.3 is 4.90 Å². The number of rotatable bonds is 4. The minimum absolute atomic E-state index is 0.0355. The van der Waals surface area contributed by atoms with Gasteiger partial charge in [-0.1, -0.05) is 6.58 Å². The zero-order chi connectivity index (χ0) is 13.2. The van der Waals surface area contributed by atoms with Crippen LogP contribution < -0.4 is 0 Å². The molecule has 4 nitrogen and oxygen atoms in total. The van der Waals surface area contributed by atoms with Crippen molar-refractivity contribution >= 4 is 27.1 Å². The number of fused-ring (bicyclic) bond motifs is 1. The lowest BCUT2D eigenvalue weighted by atomic mass is 10.1. The van der Waals surface area contributed by atoms with Crippen LogP contribution in [0.4, 0.5) is 0 Å². The molecular weight excluding hydrogens is 270 g/mol. The van der Waals surface area contributed by atoms with E-state index in [-0.39, 0.29) is 18.1 Å². The maximum Gasteiger partial charge on any atom is 0.223 e. The quantitative estimate of drug-likeness (QED) is 0.844. The van der Waals surface area contributed by atoms with Crippen LogP contribution in [0.25, 0.3) is 0 Å². The van der Waals surface area contributed by atoms with E-state index in [2.05, 4.69) is 6.58 Å². The van der Waals surface area contributed by atoms with Crippen LogP contribution in [-0.2, 0) is 27.6 Å². The smallest absolute Gasteiger partial charge is 0.223 e. The van der Waals surface area contributed by atoms with Crippen LogP contribution in [0.3, 0.4) is 0 Å². The summed E-state index contributed by atoms with van der Waals surface area (Å²) in [7, 11) is -3.28. The van der Waals surface area contributed by atoms with Crippen LogP contribution in [0.15, 0.2) is 23.4 Å². The lowest BCUT2D eigenvalue weighted by Gasteiger charge is -2.27. The first-order valence-electron chi connectivity index (χ1n) is 5.70. The molecule has 1 amide bonds. The summed E-state index contributed by atoms with van der Waals surface area (Å²) in [6.45, 7) is 4.52. The third-order valence-electron chi connectivity index (χ3n) is 3.01. The molecule has 2 heterocycles. The fourth-order valence-electron chi connectivity index (χ4n) is 1.93. The maximum atomic E-state index is 11.9. The van der Waals surface area contributed by atoms with Crippen molar-refractivity contribution in [2.45, 2.75) is 19.4 Å². The van der Waals surface area contributed by atoms with E-state index in [1.54, 1.807) is 16.2 Å². The Balaban J connectivity index is 1.94. The van der Waals surface area contributed by atoms with Crippen LogP contribution in [0.5, 0.6) is 0 Å². The van der Waals surface area contributed by atoms with Crippen LogP contribution in [-0.4, -0.2) is 31.5 Å². The van der Waals surface area contributed by atoms with Crippen molar-refractivity contribution in [1.82, 2.24) is 4.90 Å². The van der Waals surface area contributed by atoms with Crippen molar-refractivity contribution in [3.05, 3.63) is 33.9 Å². The summed E-state index contributed by atoms with van der Waals surface area (Å²) in [4.78, 5) is 15.0. The fourth-order valence-corrected chi connectivity index (χ4v) is 3.45. The molecule has 0 spiro atoms. The zero-order valence-electron chi connectivity index (χ0n) is 9.96. The Morgan fingerprint density at radius 2 is 2.33 bits per heavy atom. The lowest BCUT2D eigenvalue weighted by molar-refractivity contribution is -0.131. The standard InChI is InChI=1S/C12H15NO3S2/c1-2-18(15,16)8-5-12(14)13-6-3-11-10(9-13)4-7-17-11/h2,4,7H,1,3,5-6,8-9H2. The maximum absolute atomic E-state index is 11.9. The second-order valence-corrected chi connectivity index (χ2v) is 7.29. The predicted octanol–water partition coefficient (Wildman–Crippen LogP) is 1.58. The summed E-state index contributed by atoms with van der Waals surface area (Å²) in [6.07, 6.45) is 0.904. The topological polar surface area (TPSA) is 54.5 Å². The van der Waals surface area contributed by atoms with E-state index in [4.69, 9.17) is 0 Å². The van der Waals surface area contributed by atoms with Gasteiger partial charge in [0, 0.05) is 29.8 Å². The number of nitrogens with zero attached hydrogens (tertiary/aromatic N) is 1. The molecule has 98 valence electrons. The molecular formula is C12H15NO3S2. The highest BCUT2D eigenvalue weighted by Gasteiger charge is 2.22. The van der Waals surface area contributed by atoms with Gasteiger partial charge in [-0.3, -0.25) is 4.79 Å². The average molecular weight is 285 g/mol. The fraction of sp³-hybridized carbons (Fsp3) is 0.417. The van der Waals surface area contributed by atoms with Gasteiger partial charge in [0.25, 0.3) is 0 Å². The van der Waals surface area contributed by atoms with Crippen LogP contribution in [0.1, 0.15) is 16.9 Å². The summed E-state index contributed by atoms with van der Waals surface area (Å²) in [5.41, 5.74) is 1.19. The van der Waals surface area contributed by atoms with Gasteiger partial charge in [0.2, 0.25) is 5.91 Å². The van der Waals surface area contributed by atoms with E-state index in [0.29, 0.717) is 13.1 Å². The first kappa shape index (κ1) is 13.3. The molecule has 0 bridgehead atoms. The van der Waals surface area contributed by atoms with Crippen molar-refractivity contribution in [1.29, 1.82) is 0 Å². The van der Waals surface area contributed by atoms with Crippen molar-refractivity contribution in [3.8, 4) is 0 Å². The molecule has 0 saturated heterocycles. The number of sulfone groups is 1. The molecule has 1 aliphatic heterocycles. The molecule has 0 unspecified atom stereocenters. The average Bonchev–Trinajstić information content (AvgIpc) is 2.83. The summed E-state index contributed by atoms with van der Waals surface area (Å²) < 4.78 is 22.5. The van der Waals surface area contributed by atoms with Gasteiger partial charge in [0.15, 0.2) is 9.84 Å². The molecule has 0 fully saturated rings. The number of thiophene rings is 1. The van der Waals surface area contributed by atoms with Crippen LogP contribution in [0.2, 0.25) is 0 Å². The van der Waals surface area contributed by atoms with E-state index in [0.717, 1.165) is 11.8 Å². The normalized spacial score (nSPS) is 15.2. The lowest BCUT2D eigenvalue weighted by Crippen LogP contribution is -2.36. The van der Waals surface area contributed by atoms with Gasteiger partial charge in [-0.15, -0.1) is 11.3 Å². The minimum Gasteiger partial charge on any atom is -0.338 e. The highest BCUT2D eigenvalue weighted by atomic mass is 32.2. The van der Waals surface area contributed by atoms with Crippen LogP contribution >= 0.6 is 11.3 Å². The summed E-state index contributed by atoms with van der Waals surface area (Å²) in [5.74, 6) is -0.250. The molecule has 6 heteroatoms. The number of hydrogen-bond acceptors (Lipinski definition) is 4. The molecule has 18 heavy (non-hydrogen) atoms.